The molecule has 25 heavy (non-hydrogen) atoms. The van der Waals surface area contributed by atoms with E-state index in [1.165, 1.54) is 19.3 Å². The van der Waals surface area contributed by atoms with Gasteiger partial charge in [-0.15, -0.1) is 11.8 Å². The molecule has 4 heteroatoms. The van der Waals surface area contributed by atoms with Crippen LogP contribution in [0.2, 0.25) is 0 Å². The Morgan fingerprint density at radius 1 is 0.640 bits per heavy atom. The van der Waals surface area contributed by atoms with E-state index in [2.05, 4.69) is 23.7 Å². The van der Waals surface area contributed by atoms with E-state index in [0.29, 0.717) is 13.2 Å². The molecule has 0 bridgehead atoms. The Balaban J connectivity index is 1.35. The lowest BCUT2D eigenvalue weighted by Crippen LogP contribution is -2.22. The van der Waals surface area contributed by atoms with E-state index >= 15 is 0 Å². The average Bonchev–Trinajstić information content (AvgIpc) is 2.67. The van der Waals surface area contributed by atoms with Crippen LogP contribution in [-0.2, 0) is 18.9 Å². The minimum atomic E-state index is -0.0321. The Kier molecular flexibility index (Phi) is 11.5. The molecule has 2 fully saturated rings. The maximum atomic E-state index is 5.57. The van der Waals surface area contributed by atoms with Crippen LogP contribution in [0.1, 0.15) is 70.6 Å². The van der Waals surface area contributed by atoms with Gasteiger partial charge in [-0.05, 0) is 51.4 Å². The summed E-state index contributed by atoms with van der Waals surface area (Å²) >= 11 is 0. The van der Waals surface area contributed by atoms with Crippen molar-refractivity contribution in [3.8, 4) is 23.7 Å². The number of ether oxygens (including phenoxy) is 4. The van der Waals surface area contributed by atoms with Gasteiger partial charge in [0, 0.05) is 26.1 Å². The minimum Gasteiger partial charge on any atom is -0.353 e. The zero-order valence-corrected chi connectivity index (χ0v) is 15.4. The molecular formula is C21H32O4. The monoisotopic (exact) mass is 348 g/mol. The van der Waals surface area contributed by atoms with Crippen LogP contribution in [0.4, 0.5) is 0 Å². The summed E-state index contributed by atoms with van der Waals surface area (Å²) in [4.78, 5) is 0. The number of rotatable bonds is 8. The Bertz CT molecular complexity index is 400. The van der Waals surface area contributed by atoms with E-state index in [1.54, 1.807) is 0 Å². The molecule has 2 aliphatic rings. The fourth-order valence-electron chi connectivity index (χ4n) is 2.84. The number of hydrogen-bond acceptors (Lipinski definition) is 4. The first-order valence-electron chi connectivity index (χ1n) is 9.83. The highest BCUT2D eigenvalue weighted by atomic mass is 16.7. The molecule has 0 aliphatic carbocycles. The standard InChI is InChI=1S/C21H32O4/c1(2-4-6-10-16-22-20-14-8-12-18-24-20)3-5-7-11-17-23-21-15-9-13-19-25-21/h20-21H,1-5,8-9,12-19H2. The first kappa shape index (κ1) is 20.3. The molecule has 0 amide bonds. The SMILES string of the molecule is C(#CCOC1CCCCO1)CCCCCC#CCOC1CCCCO1. The van der Waals surface area contributed by atoms with Crippen molar-refractivity contribution in [1.82, 2.24) is 0 Å². The van der Waals surface area contributed by atoms with Crippen LogP contribution in [0, 0.1) is 23.7 Å². The molecule has 0 aromatic carbocycles. The molecule has 2 saturated heterocycles. The molecule has 2 unspecified atom stereocenters. The molecule has 4 nitrogen and oxygen atoms in total. The Morgan fingerprint density at radius 2 is 1.16 bits per heavy atom. The second-order valence-corrected chi connectivity index (χ2v) is 6.48. The van der Waals surface area contributed by atoms with Crippen LogP contribution < -0.4 is 0 Å². The third kappa shape index (κ3) is 10.5. The zero-order chi connectivity index (χ0) is 17.4. The molecule has 0 aromatic heterocycles. The second kappa shape index (κ2) is 14.2. The van der Waals surface area contributed by atoms with E-state index in [-0.39, 0.29) is 12.6 Å². The van der Waals surface area contributed by atoms with Crippen molar-refractivity contribution < 1.29 is 18.9 Å². The number of unbranched alkanes of at least 4 members (excludes halogenated alkanes) is 4. The third-order valence-electron chi connectivity index (χ3n) is 4.31. The zero-order valence-electron chi connectivity index (χ0n) is 15.4. The summed E-state index contributed by atoms with van der Waals surface area (Å²) in [5, 5.41) is 0. The van der Waals surface area contributed by atoms with E-state index < -0.39 is 0 Å². The minimum absolute atomic E-state index is 0.0321. The Hall–Kier alpha value is -1.04. The third-order valence-corrected chi connectivity index (χ3v) is 4.31. The van der Waals surface area contributed by atoms with E-state index in [9.17, 15) is 0 Å². The highest BCUT2D eigenvalue weighted by Gasteiger charge is 2.13. The molecule has 0 spiro atoms. The van der Waals surface area contributed by atoms with Gasteiger partial charge in [-0.25, -0.2) is 0 Å². The quantitative estimate of drug-likeness (QED) is 0.490. The summed E-state index contributed by atoms with van der Waals surface area (Å²) in [6.07, 6.45) is 11.9. The van der Waals surface area contributed by atoms with Crippen molar-refractivity contribution in [3.63, 3.8) is 0 Å². The van der Waals surface area contributed by atoms with E-state index in [1.807, 2.05) is 0 Å². The van der Waals surface area contributed by atoms with Gasteiger partial charge >= 0.3 is 0 Å². The van der Waals surface area contributed by atoms with Crippen LogP contribution in [0.3, 0.4) is 0 Å². The lowest BCUT2D eigenvalue weighted by Gasteiger charge is -2.21. The lowest BCUT2D eigenvalue weighted by molar-refractivity contribution is -0.154. The molecule has 2 heterocycles. The summed E-state index contributed by atoms with van der Waals surface area (Å²) in [6, 6.07) is 0. The fourth-order valence-corrected chi connectivity index (χ4v) is 2.84. The molecule has 2 aliphatic heterocycles. The van der Waals surface area contributed by atoms with E-state index in [4.69, 9.17) is 18.9 Å². The van der Waals surface area contributed by atoms with Crippen LogP contribution in [0.5, 0.6) is 0 Å². The van der Waals surface area contributed by atoms with Crippen LogP contribution in [-0.4, -0.2) is 39.0 Å². The predicted octanol–water partition coefficient (Wildman–Crippen LogP) is 4.03. The normalized spacial score (nSPS) is 23.2. The predicted molar refractivity (Wildman–Crippen MR) is 97.7 cm³/mol. The Labute approximate surface area is 152 Å². The summed E-state index contributed by atoms with van der Waals surface area (Å²) in [7, 11) is 0. The summed E-state index contributed by atoms with van der Waals surface area (Å²) in [5.74, 6) is 12.5. The van der Waals surface area contributed by atoms with Gasteiger partial charge in [0.2, 0.25) is 0 Å². The van der Waals surface area contributed by atoms with Gasteiger partial charge < -0.3 is 18.9 Å². The van der Waals surface area contributed by atoms with Crippen molar-refractivity contribution >= 4 is 0 Å². The Morgan fingerprint density at radius 3 is 1.60 bits per heavy atom. The van der Waals surface area contributed by atoms with Gasteiger partial charge in [-0.3, -0.25) is 0 Å². The van der Waals surface area contributed by atoms with Crippen molar-refractivity contribution in [3.05, 3.63) is 0 Å². The van der Waals surface area contributed by atoms with Crippen molar-refractivity contribution in [2.75, 3.05) is 26.4 Å². The van der Waals surface area contributed by atoms with Gasteiger partial charge in [-0.1, -0.05) is 18.3 Å². The molecule has 2 atom stereocenters. The van der Waals surface area contributed by atoms with Gasteiger partial charge in [0.05, 0.1) is 0 Å². The van der Waals surface area contributed by atoms with Gasteiger partial charge in [-0.2, -0.15) is 0 Å². The molecule has 0 aromatic rings. The first-order chi connectivity index (χ1) is 12.4. The molecule has 140 valence electrons. The molecular weight excluding hydrogens is 316 g/mol. The van der Waals surface area contributed by atoms with Gasteiger partial charge in [0.15, 0.2) is 12.6 Å². The smallest absolute Gasteiger partial charge is 0.158 e. The first-order valence-corrected chi connectivity index (χ1v) is 9.83. The van der Waals surface area contributed by atoms with Crippen LogP contribution in [0.25, 0.3) is 0 Å². The van der Waals surface area contributed by atoms with Crippen molar-refractivity contribution in [2.24, 2.45) is 0 Å². The highest BCUT2D eigenvalue weighted by molar-refractivity contribution is 5.00. The van der Waals surface area contributed by atoms with Gasteiger partial charge in [0.25, 0.3) is 0 Å². The van der Waals surface area contributed by atoms with Gasteiger partial charge in [0.1, 0.15) is 13.2 Å². The topological polar surface area (TPSA) is 36.9 Å². The maximum Gasteiger partial charge on any atom is 0.158 e. The van der Waals surface area contributed by atoms with E-state index in [0.717, 1.165) is 64.6 Å². The fraction of sp³-hybridized carbons (Fsp3) is 0.810. The second-order valence-electron chi connectivity index (χ2n) is 6.48. The van der Waals surface area contributed by atoms with Crippen molar-refractivity contribution in [1.29, 1.82) is 0 Å². The summed E-state index contributed by atoms with van der Waals surface area (Å²) in [5.41, 5.74) is 0. The largest absolute Gasteiger partial charge is 0.353 e. The number of hydrogen-bond donors (Lipinski definition) is 0. The lowest BCUT2D eigenvalue weighted by atomic mass is 10.1. The maximum absolute atomic E-state index is 5.57. The molecule has 2 rings (SSSR count). The van der Waals surface area contributed by atoms with Crippen LogP contribution in [0.15, 0.2) is 0 Å². The van der Waals surface area contributed by atoms with Crippen LogP contribution >= 0.6 is 0 Å². The molecule has 0 radical (unpaired) electrons. The van der Waals surface area contributed by atoms with Crippen molar-refractivity contribution in [2.45, 2.75) is 83.2 Å². The summed E-state index contributed by atoms with van der Waals surface area (Å²) in [6.45, 7) is 2.62. The molecule has 0 saturated carbocycles. The molecule has 0 N–H and O–H groups in total. The summed E-state index contributed by atoms with van der Waals surface area (Å²) < 4.78 is 22.1. The average molecular weight is 348 g/mol. The highest BCUT2D eigenvalue weighted by Crippen LogP contribution is 2.13.